The average Bonchev–Trinajstić information content (AvgIpc) is 3.43. The number of nitrogen functional groups attached to an aromatic ring is 1. The molecular weight excluding hydrogens is 434 g/mol. The standard InChI is InChI=1S/C21H23N5O3S2/c1-3-4-9-31(28,29)21-15(22)16-17(30-21)19-23-7-8-26(19)18(24-16)12-5-6-14-13(10-12)11-25(2)20(14)27/h5-6,10H,3-4,7-9,11,22H2,1-2H3. The fourth-order valence-corrected chi connectivity index (χ4v) is 7.38. The molecule has 0 spiro atoms. The van der Waals surface area contributed by atoms with Crippen molar-refractivity contribution in [2.24, 2.45) is 9.98 Å². The van der Waals surface area contributed by atoms with E-state index in [1.807, 2.05) is 30.0 Å². The summed E-state index contributed by atoms with van der Waals surface area (Å²) in [5.74, 6) is 1.51. The van der Waals surface area contributed by atoms with Crippen LogP contribution >= 0.6 is 11.3 Å². The lowest BCUT2D eigenvalue weighted by Crippen LogP contribution is -2.37. The number of rotatable bonds is 5. The van der Waals surface area contributed by atoms with Gasteiger partial charge in [-0.05, 0) is 24.1 Å². The zero-order valence-corrected chi connectivity index (χ0v) is 19.0. The van der Waals surface area contributed by atoms with Crippen LogP contribution in [0.3, 0.4) is 0 Å². The van der Waals surface area contributed by atoms with Gasteiger partial charge in [-0.2, -0.15) is 0 Å². The van der Waals surface area contributed by atoms with Crippen LogP contribution in [-0.2, 0) is 16.4 Å². The van der Waals surface area contributed by atoms with Crippen LogP contribution in [0.1, 0.15) is 46.1 Å². The van der Waals surface area contributed by atoms with E-state index in [1.165, 1.54) is 11.3 Å². The van der Waals surface area contributed by atoms with E-state index in [-0.39, 0.29) is 21.6 Å². The molecule has 2 N–H and O–H groups in total. The summed E-state index contributed by atoms with van der Waals surface area (Å²) in [5.41, 5.74) is 9.55. The van der Waals surface area contributed by atoms with Crippen LogP contribution in [-0.4, -0.2) is 61.7 Å². The number of amidine groups is 2. The first-order valence-electron chi connectivity index (χ1n) is 10.3. The van der Waals surface area contributed by atoms with Crippen molar-refractivity contribution >= 4 is 50.1 Å². The van der Waals surface area contributed by atoms with E-state index in [9.17, 15) is 13.2 Å². The molecule has 0 fully saturated rings. The van der Waals surface area contributed by atoms with Gasteiger partial charge >= 0.3 is 0 Å². The molecule has 31 heavy (non-hydrogen) atoms. The molecule has 0 bridgehead atoms. The summed E-state index contributed by atoms with van der Waals surface area (Å²) >= 11 is 1.17. The summed E-state index contributed by atoms with van der Waals surface area (Å²) < 4.78 is 25.9. The van der Waals surface area contributed by atoms with Gasteiger partial charge in [0.2, 0.25) is 0 Å². The minimum absolute atomic E-state index is 0.0156. The minimum Gasteiger partial charge on any atom is -0.395 e. The maximum atomic E-state index is 12.9. The second-order valence-electron chi connectivity index (χ2n) is 7.98. The van der Waals surface area contributed by atoms with E-state index in [1.54, 1.807) is 11.9 Å². The normalized spacial score (nSPS) is 17.4. The van der Waals surface area contributed by atoms with Crippen molar-refractivity contribution in [2.45, 2.75) is 30.5 Å². The summed E-state index contributed by atoms with van der Waals surface area (Å²) in [5, 5.41) is 0. The van der Waals surface area contributed by atoms with Gasteiger partial charge in [-0.15, -0.1) is 11.3 Å². The Morgan fingerprint density at radius 2 is 2.06 bits per heavy atom. The number of thiophene rings is 1. The Labute approximate surface area is 185 Å². The van der Waals surface area contributed by atoms with Crippen LogP contribution in [0.25, 0.3) is 0 Å². The molecule has 1 amide bonds. The number of anilines is 1. The van der Waals surface area contributed by atoms with Crippen molar-refractivity contribution in [3.05, 3.63) is 39.8 Å². The summed E-state index contributed by atoms with van der Waals surface area (Å²) in [4.78, 5) is 26.1. The predicted octanol–water partition coefficient (Wildman–Crippen LogP) is 2.64. The molecule has 0 unspecified atom stereocenters. The molecule has 8 nitrogen and oxygen atoms in total. The van der Waals surface area contributed by atoms with Crippen molar-refractivity contribution in [2.75, 3.05) is 31.6 Å². The number of hydrogen-bond acceptors (Lipinski definition) is 8. The van der Waals surface area contributed by atoms with Crippen LogP contribution in [0, 0.1) is 0 Å². The number of carbonyl (C=O) groups is 1. The molecule has 10 heteroatoms. The van der Waals surface area contributed by atoms with E-state index in [4.69, 9.17) is 10.7 Å². The number of hydrogen-bond donors (Lipinski definition) is 1. The summed E-state index contributed by atoms with van der Waals surface area (Å²) in [6, 6.07) is 5.70. The topological polar surface area (TPSA) is 108 Å². The number of carbonyl (C=O) groups excluding carboxylic acids is 1. The Bertz CT molecular complexity index is 1280. The molecule has 3 aliphatic heterocycles. The van der Waals surface area contributed by atoms with E-state index >= 15 is 0 Å². The number of fused-ring (bicyclic) bond motifs is 4. The predicted molar refractivity (Wildman–Crippen MR) is 122 cm³/mol. The molecule has 0 aliphatic carbocycles. The second-order valence-corrected chi connectivity index (χ2v) is 11.3. The largest absolute Gasteiger partial charge is 0.395 e. The van der Waals surface area contributed by atoms with Crippen molar-refractivity contribution in [3.8, 4) is 0 Å². The van der Waals surface area contributed by atoms with Gasteiger partial charge in [0.1, 0.15) is 21.6 Å². The molecule has 4 heterocycles. The van der Waals surface area contributed by atoms with E-state index in [0.717, 1.165) is 23.4 Å². The van der Waals surface area contributed by atoms with Crippen molar-refractivity contribution < 1.29 is 13.2 Å². The van der Waals surface area contributed by atoms with E-state index in [2.05, 4.69) is 4.99 Å². The number of unbranched alkanes of at least 4 members (excludes halogenated alkanes) is 1. The van der Waals surface area contributed by atoms with Crippen LogP contribution in [0.2, 0.25) is 0 Å². The van der Waals surface area contributed by atoms with Gasteiger partial charge < -0.3 is 15.5 Å². The molecule has 0 saturated heterocycles. The highest BCUT2D eigenvalue weighted by atomic mass is 32.2. The third-order valence-electron chi connectivity index (χ3n) is 5.80. The number of aliphatic imine (C=N–C) groups is 2. The molecule has 2 aromatic rings. The van der Waals surface area contributed by atoms with Crippen molar-refractivity contribution in [1.29, 1.82) is 0 Å². The maximum Gasteiger partial charge on any atom is 0.254 e. The number of benzene rings is 1. The van der Waals surface area contributed by atoms with Gasteiger partial charge in [0.05, 0.1) is 22.9 Å². The molecule has 0 saturated carbocycles. The van der Waals surface area contributed by atoms with Gasteiger partial charge in [0.25, 0.3) is 5.91 Å². The lowest BCUT2D eigenvalue weighted by atomic mass is 10.0. The highest BCUT2D eigenvalue weighted by molar-refractivity contribution is 7.93. The third-order valence-corrected chi connectivity index (χ3v) is 9.41. The van der Waals surface area contributed by atoms with Crippen molar-refractivity contribution in [1.82, 2.24) is 9.80 Å². The summed E-state index contributed by atoms with van der Waals surface area (Å²) in [6.45, 7) is 3.79. The lowest BCUT2D eigenvalue weighted by Gasteiger charge is -2.26. The molecule has 1 aromatic carbocycles. The fourth-order valence-electron chi connectivity index (χ4n) is 4.18. The van der Waals surface area contributed by atoms with Crippen LogP contribution in [0.5, 0.6) is 0 Å². The molecule has 0 atom stereocenters. The average molecular weight is 458 g/mol. The Morgan fingerprint density at radius 1 is 1.26 bits per heavy atom. The molecule has 0 radical (unpaired) electrons. The molecule has 5 rings (SSSR count). The Hall–Kier alpha value is -2.72. The van der Waals surface area contributed by atoms with Gasteiger partial charge in [-0.25, -0.2) is 13.4 Å². The van der Waals surface area contributed by atoms with E-state index in [0.29, 0.717) is 48.0 Å². The first-order chi connectivity index (χ1) is 14.8. The first kappa shape index (κ1) is 20.2. The van der Waals surface area contributed by atoms with Gasteiger partial charge in [0, 0.05) is 31.3 Å². The van der Waals surface area contributed by atoms with Gasteiger partial charge in [0.15, 0.2) is 9.84 Å². The van der Waals surface area contributed by atoms with Crippen LogP contribution in [0.4, 0.5) is 11.4 Å². The number of amides is 1. The minimum atomic E-state index is -3.47. The Morgan fingerprint density at radius 3 is 2.84 bits per heavy atom. The Balaban J connectivity index is 1.62. The molecular formula is C21H23N5O3S2. The SMILES string of the molecule is CCCCS(=O)(=O)c1sc2c(c1N)N=C(c1ccc3c(c1)CN(C)C3=O)N1CCN=C21. The van der Waals surface area contributed by atoms with Gasteiger partial charge in [-0.1, -0.05) is 19.4 Å². The number of nitrogens with two attached hydrogens (primary N) is 1. The van der Waals surface area contributed by atoms with Crippen LogP contribution < -0.4 is 5.73 Å². The third kappa shape index (κ3) is 3.08. The highest BCUT2D eigenvalue weighted by Gasteiger charge is 2.37. The molecule has 162 valence electrons. The van der Waals surface area contributed by atoms with Crippen molar-refractivity contribution in [3.63, 3.8) is 0 Å². The summed E-state index contributed by atoms with van der Waals surface area (Å²) in [7, 11) is -1.69. The van der Waals surface area contributed by atoms with E-state index < -0.39 is 9.84 Å². The fraction of sp³-hybridized carbons (Fsp3) is 0.381. The molecule has 1 aromatic heterocycles. The second kappa shape index (κ2) is 7.16. The first-order valence-corrected chi connectivity index (χ1v) is 12.7. The number of sulfone groups is 1. The molecule has 3 aliphatic rings. The quantitative estimate of drug-likeness (QED) is 0.742. The lowest BCUT2D eigenvalue weighted by molar-refractivity contribution is 0.0816. The summed E-state index contributed by atoms with van der Waals surface area (Å²) in [6.07, 6.45) is 1.39. The van der Waals surface area contributed by atoms with Crippen LogP contribution in [0.15, 0.2) is 32.4 Å². The zero-order chi connectivity index (χ0) is 21.9. The highest BCUT2D eigenvalue weighted by Crippen LogP contribution is 2.45. The zero-order valence-electron chi connectivity index (χ0n) is 17.4. The number of nitrogens with zero attached hydrogens (tertiary/aromatic N) is 4. The monoisotopic (exact) mass is 457 g/mol. The smallest absolute Gasteiger partial charge is 0.254 e. The van der Waals surface area contributed by atoms with Gasteiger partial charge in [-0.3, -0.25) is 9.79 Å². The maximum absolute atomic E-state index is 12.9. The Kier molecular flexibility index (Phi) is 4.67.